The van der Waals surface area contributed by atoms with Gasteiger partial charge >= 0.3 is 0 Å². The molecule has 112 valence electrons. The molecule has 22 heavy (non-hydrogen) atoms. The van der Waals surface area contributed by atoms with Crippen LogP contribution in [0.3, 0.4) is 0 Å². The summed E-state index contributed by atoms with van der Waals surface area (Å²) in [5, 5.41) is 12.0. The Labute approximate surface area is 127 Å². The van der Waals surface area contributed by atoms with Crippen molar-refractivity contribution in [1.29, 1.82) is 0 Å². The van der Waals surface area contributed by atoms with E-state index < -0.39 is 0 Å². The summed E-state index contributed by atoms with van der Waals surface area (Å²) < 4.78 is 7.31. The van der Waals surface area contributed by atoms with Gasteiger partial charge in [0, 0.05) is 30.7 Å². The lowest BCUT2D eigenvalue weighted by Gasteiger charge is -2.22. The van der Waals surface area contributed by atoms with Crippen LogP contribution in [0.25, 0.3) is 23.0 Å². The smallest absolute Gasteiger partial charge is 0.278 e. The fourth-order valence-corrected chi connectivity index (χ4v) is 2.65. The van der Waals surface area contributed by atoms with Crippen LogP contribution in [0.2, 0.25) is 0 Å². The van der Waals surface area contributed by atoms with E-state index in [0.717, 1.165) is 25.1 Å². The van der Waals surface area contributed by atoms with Crippen molar-refractivity contribution in [2.45, 2.75) is 18.9 Å². The van der Waals surface area contributed by atoms with Crippen LogP contribution in [-0.2, 0) is 0 Å². The summed E-state index contributed by atoms with van der Waals surface area (Å²) in [5.41, 5.74) is 1.53. The third kappa shape index (κ3) is 2.50. The molecule has 0 saturated carbocycles. The zero-order chi connectivity index (χ0) is 14.8. The second-order valence-electron chi connectivity index (χ2n) is 5.35. The highest BCUT2D eigenvalue weighted by Gasteiger charge is 2.18. The van der Waals surface area contributed by atoms with Gasteiger partial charge in [0.2, 0.25) is 5.82 Å². The normalized spacial score (nSPS) is 18.5. The first-order valence-corrected chi connectivity index (χ1v) is 7.40. The predicted molar refractivity (Wildman–Crippen MR) is 79.9 cm³/mol. The minimum atomic E-state index is 0.392. The van der Waals surface area contributed by atoms with Crippen LogP contribution in [0, 0.1) is 0 Å². The van der Waals surface area contributed by atoms with Crippen molar-refractivity contribution < 1.29 is 4.52 Å². The van der Waals surface area contributed by atoms with Gasteiger partial charge in [-0.2, -0.15) is 10.1 Å². The van der Waals surface area contributed by atoms with E-state index in [-0.39, 0.29) is 0 Å². The first-order valence-electron chi connectivity index (χ1n) is 7.40. The summed E-state index contributed by atoms with van der Waals surface area (Å²) in [6.45, 7) is 2.04. The molecule has 1 aliphatic heterocycles. The van der Waals surface area contributed by atoms with Crippen LogP contribution >= 0.6 is 0 Å². The number of rotatable bonds is 3. The fourth-order valence-electron chi connectivity index (χ4n) is 2.65. The van der Waals surface area contributed by atoms with E-state index in [9.17, 15) is 0 Å². The highest BCUT2D eigenvalue weighted by molar-refractivity contribution is 5.56. The van der Waals surface area contributed by atoms with E-state index in [1.807, 2.05) is 29.1 Å². The standard InChI is InChI=1S/C15H16N6O/c1-3-11(9-16-6-1)14-18-15(22-20-14)13-5-8-21(19-13)12-4-2-7-17-10-12/h1,3,5-6,8-9,12,17H,2,4,7,10H2. The molecule has 1 N–H and O–H groups in total. The Morgan fingerprint density at radius 2 is 2.32 bits per heavy atom. The molecule has 1 aliphatic rings. The summed E-state index contributed by atoms with van der Waals surface area (Å²) >= 11 is 0. The number of aromatic nitrogens is 5. The molecule has 1 atom stereocenters. The first kappa shape index (κ1) is 13.1. The molecule has 0 aromatic carbocycles. The largest absolute Gasteiger partial charge is 0.332 e. The highest BCUT2D eigenvalue weighted by Crippen LogP contribution is 2.22. The Hall–Kier alpha value is -2.54. The van der Waals surface area contributed by atoms with E-state index in [4.69, 9.17) is 4.52 Å². The molecule has 0 aliphatic carbocycles. The second-order valence-corrected chi connectivity index (χ2v) is 5.35. The van der Waals surface area contributed by atoms with E-state index in [1.165, 1.54) is 6.42 Å². The minimum absolute atomic E-state index is 0.392. The van der Waals surface area contributed by atoms with E-state index >= 15 is 0 Å². The average Bonchev–Trinajstić information content (AvgIpc) is 3.26. The van der Waals surface area contributed by atoms with Crippen molar-refractivity contribution in [2.24, 2.45) is 0 Å². The third-order valence-electron chi connectivity index (χ3n) is 3.82. The van der Waals surface area contributed by atoms with Crippen molar-refractivity contribution in [3.63, 3.8) is 0 Å². The summed E-state index contributed by atoms with van der Waals surface area (Å²) in [6.07, 6.45) is 7.71. The van der Waals surface area contributed by atoms with Crippen LogP contribution < -0.4 is 5.32 Å². The summed E-state index contributed by atoms with van der Waals surface area (Å²) in [6, 6.07) is 6.04. The van der Waals surface area contributed by atoms with Gasteiger partial charge in [-0.3, -0.25) is 9.67 Å². The Morgan fingerprint density at radius 3 is 3.14 bits per heavy atom. The van der Waals surface area contributed by atoms with E-state index in [2.05, 4.69) is 25.5 Å². The first-order chi connectivity index (χ1) is 10.9. The molecule has 4 heterocycles. The lowest BCUT2D eigenvalue weighted by molar-refractivity contribution is 0.346. The van der Waals surface area contributed by atoms with Crippen molar-refractivity contribution in [1.82, 2.24) is 30.2 Å². The average molecular weight is 296 g/mol. The Morgan fingerprint density at radius 1 is 1.32 bits per heavy atom. The molecule has 0 spiro atoms. The monoisotopic (exact) mass is 296 g/mol. The van der Waals surface area contributed by atoms with Gasteiger partial charge in [-0.25, -0.2) is 0 Å². The number of hydrogen-bond donors (Lipinski definition) is 1. The Balaban J connectivity index is 1.58. The van der Waals surface area contributed by atoms with Gasteiger partial charge in [0.1, 0.15) is 0 Å². The maximum absolute atomic E-state index is 5.33. The van der Waals surface area contributed by atoms with Crippen LogP contribution in [0.5, 0.6) is 0 Å². The molecule has 1 unspecified atom stereocenters. The van der Waals surface area contributed by atoms with Crippen LogP contribution in [0.4, 0.5) is 0 Å². The van der Waals surface area contributed by atoms with Crippen LogP contribution in [-0.4, -0.2) is 38.0 Å². The minimum Gasteiger partial charge on any atom is -0.332 e. The summed E-state index contributed by atoms with van der Waals surface area (Å²) in [7, 11) is 0. The van der Waals surface area contributed by atoms with Crippen molar-refractivity contribution in [3.05, 3.63) is 36.8 Å². The van der Waals surface area contributed by atoms with Gasteiger partial charge in [0.05, 0.1) is 6.04 Å². The van der Waals surface area contributed by atoms with Crippen LogP contribution in [0.15, 0.2) is 41.3 Å². The molecule has 7 heteroatoms. The maximum atomic E-state index is 5.33. The zero-order valence-corrected chi connectivity index (χ0v) is 12.0. The third-order valence-corrected chi connectivity index (χ3v) is 3.82. The van der Waals surface area contributed by atoms with Crippen molar-refractivity contribution in [3.8, 4) is 23.0 Å². The molecule has 1 fully saturated rings. The maximum Gasteiger partial charge on any atom is 0.278 e. The Kier molecular flexibility index (Phi) is 3.40. The number of pyridine rings is 1. The van der Waals surface area contributed by atoms with Crippen LogP contribution in [0.1, 0.15) is 18.9 Å². The SMILES string of the molecule is c1cncc(-c2noc(-c3ccn(C4CCCNC4)n3)n2)c1. The molecule has 1 saturated heterocycles. The van der Waals surface area contributed by atoms with Gasteiger partial charge < -0.3 is 9.84 Å². The molecular formula is C15H16N6O. The summed E-state index contributed by atoms with van der Waals surface area (Å²) in [4.78, 5) is 8.46. The van der Waals surface area contributed by atoms with Gasteiger partial charge in [0.15, 0.2) is 5.69 Å². The molecule has 0 radical (unpaired) electrons. The number of nitrogens with zero attached hydrogens (tertiary/aromatic N) is 5. The van der Waals surface area contributed by atoms with Gasteiger partial charge in [-0.1, -0.05) is 5.16 Å². The van der Waals surface area contributed by atoms with E-state index in [0.29, 0.717) is 23.5 Å². The molecular weight excluding hydrogens is 280 g/mol. The number of hydrogen-bond acceptors (Lipinski definition) is 6. The number of nitrogens with one attached hydrogen (secondary N) is 1. The topological polar surface area (TPSA) is 81.7 Å². The molecule has 7 nitrogen and oxygen atoms in total. The lowest BCUT2D eigenvalue weighted by atomic mass is 10.1. The van der Waals surface area contributed by atoms with Gasteiger partial charge in [-0.15, -0.1) is 0 Å². The van der Waals surface area contributed by atoms with Gasteiger partial charge in [-0.05, 0) is 37.6 Å². The predicted octanol–water partition coefficient (Wildman–Crippen LogP) is 1.92. The van der Waals surface area contributed by atoms with E-state index in [1.54, 1.807) is 12.4 Å². The van der Waals surface area contributed by atoms with Crippen molar-refractivity contribution in [2.75, 3.05) is 13.1 Å². The molecule has 3 aromatic rings. The molecule has 3 aromatic heterocycles. The molecule has 4 rings (SSSR count). The van der Waals surface area contributed by atoms with Gasteiger partial charge in [0.25, 0.3) is 5.89 Å². The summed E-state index contributed by atoms with van der Waals surface area (Å²) in [5.74, 6) is 0.957. The zero-order valence-electron chi connectivity index (χ0n) is 12.0. The Bertz CT molecular complexity index is 744. The fraction of sp³-hybridized carbons (Fsp3) is 0.333. The van der Waals surface area contributed by atoms with Crippen molar-refractivity contribution >= 4 is 0 Å². The second kappa shape index (κ2) is 5.69. The molecule has 0 amide bonds. The molecule has 0 bridgehead atoms. The quantitative estimate of drug-likeness (QED) is 0.795. The lowest BCUT2D eigenvalue weighted by Crippen LogP contribution is -2.31. The number of piperidine rings is 1. The highest BCUT2D eigenvalue weighted by atomic mass is 16.5.